The highest BCUT2D eigenvalue weighted by atomic mass is 16.5. The number of rotatable bonds is 0. The highest BCUT2D eigenvalue weighted by molar-refractivity contribution is 5.88. The lowest BCUT2D eigenvalue weighted by Gasteiger charge is -2.10. The van der Waals surface area contributed by atoms with E-state index in [2.05, 4.69) is 9.97 Å². The van der Waals surface area contributed by atoms with Gasteiger partial charge in [-0.05, 0) is 41.6 Å². The van der Waals surface area contributed by atoms with Crippen LogP contribution < -0.4 is 15.3 Å². The molecule has 0 fully saturated rings. The van der Waals surface area contributed by atoms with Crippen molar-refractivity contribution in [3.63, 3.8) is 0 Å². The molecule has 1 N–H and O–H groups in total. The van der Waals surface area contributed by atoms with E-state index in [9.17, 15) is 9.90 Å². The summed E-state index contributed by atoms with van der Waals surface area (Å²) < 4.78 is 5.61. The summed E-state index contributed by atoms with van der Waals surface area (Å²) in [5, 5.41) is 11.7. The molecule has 7 heteroatoms. The average molecular weight is 372 g/mol. The molecule has 3 aromatic rings. The second-order valence-corrected chi connectivity index (χ2v) is 5.97. The molecule has 2 aromatic carbocycles. The molecule has 1 amide bonds. The van der Waals surface area contributed by atoms with Crippen LogP contribution in [-0.2, 0) is 0 Å². The average Bonchev–Trinajstić information content (AvgIpc) is 2.71. The zero-order valence-corrected chi connectivity index (χ0v) is 14.8. The molecule has 2 bridgehead atoms. The van der Waals surface area contributed by atoms with E-state index in [0.717, 1.165) is 16.1 Å². The van der Waals surface area contributed by atoms with Gasteiger partial charge in [0, 0.05) is 18.1 Å². The summed E-state index contributed by atoms with van der Waals surface area (Å²) in [6, 6.07) is 13.0. The normalized spacial score (nSPS) is 18.4. The lowest BCUT2D eigenvalue weighted by atomic mass is 10.2. The van der Waals surface area contributed by atoms with Crippen molar-refractivity contribution in [2.24, 2.45) is 4.99 Å². The predicted molar refractivity (Wildman–Crippen MR) is 105 cm³/mol. The van der Waals surface area contributed by atoms with Crippen LogP contribution in [0.1, 0.15) is 0 Å². The first kappa shape index (κ1) is 17.4. The SMILES string of the molecule is O=C(O)N1/C=C/C=C/Oc2ccc3ncnc(c3c2)/N=c2\cccc\c2=C\C1. The van der Waals surface area contributed by atoms with Crippen LogP contribution in [-0.4, -0.2) is 32.6 Å². The molecule has 0 spiro atoms. The minimum Gasteiger partial charge on any atom is -0.465 e. The first-order chi connectivity index (χ1) is 13.7. The number of hydrogen-bond acceptors (Lipinski definition) is 5. The molecular weight excluding hydrogens is 356 g/mol. The van der Waals surface area contributed by atoms with Crippen LogP contribution in [0.2, 0.25) is 0 Å². The van der Waals surface area contributed by atoms with Crippen LogP contribution in [0.25, 0.3) is 17.0 Å². The molecule has 1 aliphatic heterocycles. The fourth-order valence-electron chi connectivity index (χ4n) is 2.78. The predicted octanol–water partition coefficient (Wildman–Crippen LogP) is 2.76. The van der Waals surface area contributed by atoms with Crippen molar-refractivity contribution in [2.45, 2.75) is 0 Å². The molecule has 2 heterocycles. The fourth-order valence-corrected chi connectivity index (χ4v) is 2.78. The van der Waals surface area contributed by atoms with E-state index in [1.807, 2.05) is 42.5 Å². The minimum absolute atomic E-state index is 0.181. The maximum atomic E-state index is 11.5. The van der Waals surface area contributed by atoms with Crippen LogP contribution in [0.3, 0.4) is 0 Å². The Morgan fingerprint density at radius 3 is 2.89 bits per heavy atom. The third-order valence-electron chi connectivity index (χ3n) is 4.16. The topological polar surface area (TPSA) is 87.9 Å². The van der Waals surface area contributed by atoms with Gasteiger partial charge in [-0.15, -0.1) is 0 Å². The molecule has 4 rings (SSSR count). The summed E-state index contributed by atoms with van der Waals surface area (Å²) in [5.41, 5.74) is 0.757. The highest BCUT2D eigenvalue weighted by Crippen LogP contribution is 2.25. The van der Waals surface area contributed by atoms with E-state index < -0.39 is 6.09 Å². The van der Waals surface area contributed by atoms with Crippen LogP contribution in [0.5, 0.6) is 5.75 Å². The van der Waals surface area contributed by atoms with Gasteiger partial charge in [0.15, 0.2) is 5.82 Å². The molecule has 0 unspecified atom stereocenters. The highest BCUT2D eigenvalue weighted by Gasteiger charge is 2.07. The number of ether oxygens (including phenoxy) is 1. The molecule has 1 aromatic heterocycles. The maximum Gasteiger partial charge on any atom is 0.411 e. The number of allylic oxidation sites excluding steroid dienone is 2. The molecule has 0 saturated carbocycles. The minimum atomic E-state index is -1.05. The molecule has 7 nitrogen and oxygen atoms in total. The van der Waals surface area contributed by atoms with Crippen molar-refractivity contribution < 1.29 is 14.6 Å². The van der Waals surface area contributed by atoms with Gasteiger partial charge in [-0.25, -0.2) is 19.8 Å². The second kappa shape index (κ2) is 7.71. The van der Waals surface area contributed by atoms with Crippen molar-refractivity contribution in [1.29, 1.82) is 0 Å². The molecule has 0 radical (unpaired) electrons. The number of amides is 1. The lowest BCUT2D eigenvalue weighted by molar-refractivity contribution is 0.167. The number of fused-ring (bicyclic) bond motifs is 2. The number of hydrogen-bond donors (Lipinski definition) is 1. The van der Waals surface area contributed by atoms with Crippen LogP contribution >= 0.6 is 0 Å². The van der Waals surface area contributed by atoms with Gasteiger partial charge < -0.3 is 9.84 Å². The van der Waals surface area contributed by atoms with E-state index >= 15 is 0 Å². The Morgan fingerprint density at radius 2 is 2.00 bits per heavy atom. The first-order valence-electron chi connectivity index (χ1n) is 8.59. The molecule has 0 saturated heterocycles. The van der Waals surface area contributed by atoms with E-state index in [4.69, 9.17) is 9.73 Å². The largest absolute Gasteiger partial charge is 0.465 e. The molecule has 0 aliphatic carbocycles. The van der Waals surface area contributed by atoms with Crippen molar-refractivity contribution in [1.82, 2.24) is 14.9 Å². The Kier molecular flexibility index (Phi) is 4.79. The van der Waals surface area contributed by atoms with Gasteiger partial charge in [0.2, 0.25) is 0 Å². The third kappa shape index (κ3) is 3.73. The summed E-state index contributed by atoms with van der Waals surface area (Å²) in [6.07, 6.45) is 8.42. The number of nitrogens with zero attached hydrogens (tertiary/aromatic N) is 4. The molecule has 1 aliphatic rings. The molecule has 138 valence electrons. The Labute approximate surface area is 160 Å². The van der Waals surface area contributed by atoms with Gasteiger partial charge in [0.05, 0.1) is 17.1 Å². The van der Waals surface area contributed by atoms with Crippen molar-refractivity contribution >= 4 is 28.9 Å². The van der Waals surface area contributed by atoms with E-state index in [1.165, 1.54) is 23.7 Å². The zero-order chi connectivity index (χ0) is 19.3. The van der Waals surface area contributed by atoms with E-state index in [1.54, 1.807) is 18.2 Å². The van der Waals surface area contributed by atoms with Crippen LogP contribution in [0, 0.1) is 0 Å². The Bertz CT molecular complexity index is 1220. The standard InChI is InChI=1S/C21H16N4O3/c26-21(27)25-10-3-4-12-28-16-7-8-19-17(13-16)20(23-14-22-19)24-18-6-2-1-5-15(18)9-11-25/h1-10,12-14H,11H2,(H,26,27)/b10-3+,12-4+,15-9-,24-18+. The summed E-state index contributed by atoms with van der Waals surface area (Å²) in [5.74, 6) is 1.12. The van der Waals surface area contributed by atoms with Crippen molar-refractivity contribution in [3.8, 4) is 5.75 Å². The Morgan fingerprint density at radius 1 is 1.11 bits per heavy atom. The van der Waals surface area contributed by atoms with E-state index in [0.29, 0.717) is 16.9 Å². The monoisotopic (exact) mass is 372 g/mol. The van der Waals surface area contributed by atoms with Gasteiger partial charge in [0.25, 0.3) is 0 Å². The van der Waals surface area contributed by atoms with Gasteiger partial charge in [-0.1, -0.05) is 24.3 Å². The Hall–Kier alpha value is -4.00. The summed E-state index contributed by atoms with van der Waals surface area (Å²) >= 11 is 0. The first-order valence-corrected chi connectivity index (χ1v) is 8.59. The van der Waals surface area contributed by atoms with Crippen LogP contribution in [0.15, 0.2) is 78.4 Å². The molecular formula is C21H16N4O3. The quantitative estimate of drug-likeness (QED) is 0.656. The van der Waals surface area contributed by atoms with Gasteiger partial charge in [-0.2, -0.15) is 0 Å². The van der Waals surface area contributed by atoms with E-state index in [-0.39, 0.29) is 6.54 Å². The smallest absolute Gasteiger partial charge is 0.411 e. The van der Waals surface area contributed by atoms with Gasteiger partial charge in [-0.3, -0.25) is 4.90 Å². The van der Waals surface area contributed by atoms with Crippen molar-refractivity contribution in [3.05, 3.63) is 84.0 Å². The maximum absolute atomic E-state index is 11.5. The lowest BCUT2D eigenvalue weighted by Crippen LogP contribution is -2.29. The molecule has 0 atom stereocenters. The van der Waals surface area contributed by atoms with Gasteiger partial charge in [0.1, 0.15) is 12.1 Å². The molecule has 28 heavy (non-hydrogen) atoms. The number of aromatic nitrogens is 2. The zero-order valence-electron chi connectivity index (χ0n) is 14.8. The fraction of sp³-hybridized carbons (Fsp3) is 0.0476. The number of carbonyl (C=O) groups is 1. The number of para-hydroxylation sites is 1. The van der Waals surface area contributed by atoms with Crippen LogP contribution in [0.4, 0.5) is 10.6 Å². The summed E-state index contributed by atoms with van der Waals surface area (Å²) in [4.78, 5) is 25.9. The summed E-state index contributed by atoms with van der Waals surface area (Å²) in [7, 11) is 0. The summed E-state index contributed by atoms with van der Waals surface area (Å²) in [6.45, 7) is 0.181. The van der Waals surface area contributed by atoms with Gasteiger partial charge >= 0.3 is 6.09 Å². The Balaban J connectivity index is 1.96. The third-order valence-corrected chi connectivity index (χ3v) is 4.16. The second-order valence-electron chi connectivity index (χ2n) is 5.97. The number of benzene rings is 2. The van der Waals surface area contributed by atoms with Crippen molar-refractivity contribution in [2.75, 3.05) is 6.54 Å². The number of carboxylic acid groups (broad SMARTS) is 1.